The Bertz CT molecular complexity index is 882. The highest BCUT2D eigenvalue weighted by Gasteiger charge is 2.35. The third-order valence-corrected chi connectivity index (χ3v) is 5.22. The Morgan fingerprint density at radius 1 is 1.25 bits per heavy atom. The van der Waals surface area contributed by atoms with Gasteiger partial charge in [-0.25, -0.2) is 0 Å². The Kier molecular flexibility index (Phi) is 6.25. The van der Waals surface area contributed by atoms with Crippen LogP contribution in [-0.2, 0) is 16.1 Å². The summed E-state index contributed by atoms with van der Waals surface area (Å²) in [6, 6.07) is 13.1. The zero-order chi connectivity index (χ0) is 20.3. The summed E-state index contributed by atoms with van der Waals surface area (Å²) in [5.74, 6) is 0.185. The fourth-order valence-corrected chi connectivity index (χ4v) is 3.52. The number of nitrogens with one attached hydrogen (secondary N) is 1. The second-order valence-electron chi connectivity index (χ2n) is 7.28. The first-order valence-corrected chi connectivity index (χ1v) is 9.82. The number of benzene rings is 2. The molecule has 3 rings (SSSR count). The second kappa shape index (κ2) is 8.65. The highest BCUT2D eigenvalue weighted by atomic mass is 35.5. The van der Waals surface area contributed by atoms with Crippen LogP contribution < -0.4 is 15.0 Å². The van der Waals surface area contributed by atoms with Crippen LogP contribution in [0.2, 0.25) is 5.02 Å². The minimum Gasteiger partial charge on any atom is -0.491 e. The zero-order valence-electron chi connectivity index (χ0n) is 16.4. The first-order valence-electron chi connectivity index (χ1n) is 9.44. The lowest BCUT2D eigenvalue weighted by Crippen LogP contribution is -2.33. The van der Waals surface area contributed by atoms with Crippen molar-refractivity contribution in [3.63, 3.8) is 0 Å². The number of anilines is 1. The second-order valence-corrected chi connectivity index (χ2v) is 7.69. The van der Waals surface area contributed by atoms with Gasteiger partial charge in [0, 0.05) is 35.8 Å². The van der Waals surface area contributed by atoms with Crippen LogP contribution in [0.25, 0.3) is 0 Å². The summed E-state index contributed by atoms with van der Waals surface area (Å²) in [6.07, 6.45) is 0.251. The summed E-state index contributed by atoms with van der Waals surface area (Å²) < 4.78 is 5.79. The van der Waals surface area contributed by atoms with Crippen LogP contribution in [0.5, 0.6) is 5.75 Å². The molecule has 0 saturated carbocycles. The van der Waals surface area contributed by atoms with Gasteiger partial charge >= 0.3 is 0 Å². The van der Waals surface area contributed by atoms with Crippen molar-refractivity contribution in [1.82, 2.24) is 5.32 Å². The maximum absolute atomic E-state index is 12.7. The van der Waals surface area contributed by atoms with Crippen molar-refractivity contribution in [1.29, 1.82) is 0 Å². The minimum atomic E-state index is -0.385. The Morgan fingerprint density at radius 2 is 2.00 bits per heavy atom. The molecule has 6 heteroatoms. The van der Waals surface area contributed by atoms with E-state index in [0.717, 1.165) is 22.6 Å². The molecule has 0 aromatic heterocycles. The monoisotopic (exact) mass is 400 g/mol. The third-order valence-electron chi connectivity index (χ3n) is 4.81. The first-order chi connectivity index (χ1) is 13.4. The summed E-state index contributed by atoms with van der Waals surface area (Å²) in [5.41, 5.74) is 2.53. The predicted molar refractivity (Wildman–Crippen MR) is 111 cm³/mol. The van der Waals surface area contributed by atoms with Crippen LogP contribution in [0.15, 0.2) is 42.5 Å². The fourth-order valence-electron chi connectivity index (χ4n) is 3.35. The van der Waals surface area contributed by atoms with E-state index in [1.54, 1.807) is 11.0 Å². The lowest BCUT2D eigenvalue weighted by Gasteiger charge is -2.20. The summed E-state index contributed by atoms with van der Waals surface area (Å²) in [5, 5.41) is 3.56. The highest BCUT2D eigenvalue weighted by molar-refractivity contribution is 6.31. The van der Waals surface area contributed by atoms with Gasteiger partial charge in [-0.15, -0.1) is 0 Å². The summed E-state index contributed by atoms with van der Waals surface area (Å²) >= 11 is 6.18. The van der Waals surface area contributed by atoms with E-state index in [-0.39, 0.29) is 30.3 Å². The molecule has 1 N–H and O–H groups in total. The fraction of sp³-hybridized carbons (Fsp3) is 0.364. The third kappa shape index (κ3) is 4.47. The average Bonchev–Trinajstić information content (AvgIpc) is 3.04. The Balaban J connectivity index is 1.65. The molecule has 1 saturated heterocycles. The standard InChI is InChI=1S/C22H25ClN2O3/c1-14(2)28-20-10-5-4-7-16(20)12-24-22(27)17-11-21(26)25(13-17)19-9-6-8-18(23)15(19)3/h4-10,14,17H,11-13H2,1-3H3,(H,24,27)/t17-/m1/s1. The molecule has 28 heavy (non-hydrogen) atoms. The molecule has 2 aromatic carbocycles. The van der Waals surface area contributed by atoms with Gasteiger partial charge < -0.3 is 15.0 Å². The predicted octanol–water partition coefficient (Wildman–Crippen LogP) is 4.10. The number of carbonyl (C=O) groups is 2. The van der Waals surface area contributed by atoms with E-state index in [0.29, 0.717) is 18.1 Å². The lowest BCUT2D eigenvalue weighted by molar-refractivity contribution is -0.126. The van der Waals surface area contributed by atoms with Gasteiger partial charge in [0.1, 0.15) is 5.75 Å². The number of amides is 2. The van der Waals surface area contributed by atoms with Gasteiger partial charge in [0.05, 0.1) is 12.0 Å². The summed E-state index contributed by atoms with van der Waals surface area (Å²) in [7, 11) is 0. The maximum Gasteiger partial charge on any atom is 0.227 e. The van der Waals surface area contributed by atoms with Gasteiger partial charge in [-0.2, -0.15) is 0 Å². The number of para-hydroxylation sites is 1. The molecule has 1 heterocycles. The topological polar surface area (TPSA) is 58.6 Å². The molecule has 2 amide bonds. The van der Waals surface area contributed by atoms with Crippen LogP contribution in [0, 0.1) is 12.8 Å². The van der Waals surface area contributed by atoms with E-state index in [2.05, 4.69) is 5.32 Å². The Hall–Kier alpha value is -2.53. The average molecular weight is 401 g/mol. The van der Waals surface area contributed by atoms with Gasteiger partial charge in [0.15, 0.2) is 0 Å². The Morgan fingerprint density at radius 3 is 2.75 bits per heavy atom. The first kappa shape index (κ1) is 20.2. The molecule has 0 radical (unpaired) electrons. The van der Waals surface area contributed by atoms with E-state index in [1.165, 1.54) is 0 Å². The molecule has 1 atom stereocenters. The van der Waals surface area contributed by atoms with Crippen molar-refractivity contribution < 1.29 is 14.3 Å². The number of halogens is 1. The largest absolute Gasteiger partial charge is 0.491 e. The van der Waals surface area contributed by atoms with Crippen molar-refractivity contribution in [2.45, 2.75) is 39.8 Å². The molecule has 1 aliphatic rings. The van der Waals surface area contributed by atoms with Crippen molar-refractivity contribution in [2.75, 3.05) is 11.4 Å². The van der Waals surface area contributed by atoms with E-state index >= 15 is 0 Å². The van der Waals surface area contributed by atoms with Crippen LogP contribution in [0.1, 0.15) is 31.4 Å². The number of rotatable bonds is 6. The van der Waals surface area contributed by atoms with Gasteiger partial charge in [-0.3, -0.25) is 9.59 Å². The van der Waals surface area contributed by atoms with E-state index in [9.17, 15) is 9.59 Å². The van der Waals surface area contributed by atoms with Crippen molar-refractivity contribution in [3.8, 4) is 5.75 Å². The van der Waals surface area contributed by atoms with Gasteiger partial charge in [0.2, 0.25) is 11.8 Å². The van der Waals surface area contributed by atoms with E-state index < -0.39 is 0 Å². The number of nitrogens with zero attached hydrogens (tertiary/aromatic N) is 1. The molecule has 0 unspecified atom stereocenters. The normalized spacial score (nSPS) is 16.5. The number of hydrogen-bond donors (Lipinski definition) is 1. The van der Waals surface area contributed by atoms with Crippen LogP contribution >= 0.6 is 11.6 Å². The molecule has 0 aliphatic carbocycles. The zero-order valence-corrected chi connectivity index (χ0v) is 17.1. The minimum absolute atomic E-state index is 0.0544. The lowest BCUT2D eigenvalue weighted by atomic mass is 10.1. The smallest absolute Gasteiger partial charge is 0.227 e. The summed E-state index contributed by atoms with van der Waals surface area (Å²) in [6.45, 7) is 6.53. The molecular formula is C22H25ClN2O3. The molecule has 2 aromatic rings. The maximum atomic E-state index is 12.7. The van der Waals surface area contributed by atoms with Crippen LogP contribution in [0.4, 0.5) is 5.69 Å². The van der Waals surface area contributed by atoms with Crippen molar-refractivity contribution >= 4 is 29.1 Å². The van der Waals surface area contributed by atoms with Crippen LogP contribution in [-0.4, -0.2) is 24.5 Å². The molecule has 148 valence electrons. The van der Waals surface area contributed by atoms with Gasteiger partial charge in [-0.1, -0.05) is 35.9 Å². The van der Waals surface area contributed by atoms with Gasteiger partial charge in [0.25, 0.3) is 0 Å². The molecule has 0 bridgehead atoms. The quantitative estimate of drug-likeness (QED) is 0.793. The van der Waals surface area contributed by atoms with Crippen molar-refractivity contribution in [3.05, 3.63) is 58.6 Å². The van der Waals surface area contributed by atoms with Gasteiger partial charge in [-0.05, 0) is 44.5 Å². The molecule has 1 aliphatic heterocycles. The Labute approximate surface area is 170 Å². The molecule has 0 spiro atoms. The molecule has 1 fully saturated rings. The van der Waals surface area contributed by atoms with E-state index in [4.69, 9.17) is 16.3 Å². The highest BCUT2D eigenvalue weighted by Crippen LogP contribution is 2.31. The number of ether oxygens (including phenoxy) is 1. The molecular weight excluding hydrogens is 376 g/mol. The van der Waals surface area contributed by atoms with Crippen LogP contribution in [0.3, 0.4) is 0 Å². The number of hydrogen-bond acceptors (Lipinski definition) is 3. The number of carbonyl (C=O) groups excluding carboxylic acids is 2. The van der Waals surface area contributed by atoms with E-state index in [1.807, 2.05) is 57.2 Å². The summed E-state index contributed by atoms with van der Waals surface area (Å²) in [4.78, 5) is 26.8. The SMILES string of the molecule is Cc1c(Cl)cccc1N1C[C@H](C(=O)NCc2ccccc2OC(C)C)CC1=O. The van der Waals surface area contributed by atoms with Crippen molar-refractivity contribution in [2.24, 2.45) is 5.92 Å². The molecule has 5 nitrogen and oxygen atoms in total.